The molecule has 0 atom stereocenters. The number of hydrogen-bond donors (Lipinski definition) is 0. The molecule has 1 heteroatoms. The van der Waals surface area contributed by atoms with Gasteiger partial charge in [-0.1, -0.05) is 18.6 Å². The average Bonchev–Trinajstić information content (AvgIpc) is 2.28. The van der Waals surface area contributed by atoms with Gasteiger partial charge in [0.15, 0.2) is 0 Å². The Bertz CT molecular complexity index is 228. The van der Waals surface area contributed by atoms with Gasteiger partial charge in [0.05, 0.1) is 6.07 Å². The Hall–Kier alpha value is -1.03. The van der Waals surface area contributed by atoms with E-state index in [-0.39, 0.29) is 0 Å². The molecule has 0 unspecified atom stereocenters. The van der Waals surface area contributed by atoms with Gasteiger partial charge in [-0.15, -0.1) is 0 Å². The molecule has 1 aliphatic rings. The second-order valence-electron chi connectivity index (χ2n) is 2.84. The molecule has 0 saturated carbocycles. The quantitative estimate of drug-likeness (QED) is 0.559. The van der Waals surface area contributed by atoms with Gasteiger partial charge in [-0.3, -0.25) is 0 Å². The minimum Gasteiger partial charge on any atom is -0.193 e. The van der Waals surface area contributed by atoms with E-state index in [0.29, 0.717) is 0 Å². The first kappa shape index (κ1) is 8.07. The Morgan fingerprint density at radius 2 is 2.27 bits per heavy atom. The van der Waals surface area contributed by atoms with Crippen LogP contribution in [0.15, 0.2) is 23.3 Å². The monoisotopic (exact) mass is 147 g/mol. The number of nitrogens with zero attached hydrogens (tertiary/aromatic N) is 1. The van der Waals surface area contributed by atoms with Crippen LogP contribution in [0.5, 0.6) is 0 Å². The van der Waals surface area contributed by atoms with E-state index < -0.39 is 0 Å². The Morgan fingerprint density at radius 1 is 1.45 bits per heavy atom. The zero-order valence-corrected chi connectivity index (χ0v) is 6.93. The van der Waals surface area contributed by atoms with Crippen LogP contribution in [0, 0.1) is 11.3 Å². The minimum atomic E-state index is 0.924. The topological polar surface area (TPSA) is 23.8 Å². The number of hydrogen-bond acceptors (Lipinski definition) is 1. The maximum atomic E-state index is 8.63. The maximum Gasteiger partial charge on any atom is 0.0947 e. The molecule has 0 aromatic heterocycles. The molecule has 0 amide bonds. The molecule has 0 aliphatic heterocycles. The molecule has 1 rings (SSSR count). The van der Waals surface area contributed by atoms with Gasteiger partial charge in [0, 0.05) is 5.57 Å². The summed E-state index contributed by atoms with van der Waals surface area (Å²) in [6, 6.07) is 2.21. The van der Waals surface area contributed by atoms with Gasteiger partial charge in [-0.2, -0.15) is 5.26 Å². The molecular weight excluding hydrogens is 134 g/mol. The number of nitriles is 1. The van der Waals surface area contributed by atoms with Crippen molar-refractivity contribution in [1.82, 2.24) is 0 Å². The summed E-state index contributed by atoms with van der Waals surface area (Å²) in [6.07, 6.45) is 8.44. The van der Waals surface area contributed by atoms with E-state index in [4.69, 9.17) is 5.26 Å². The van der Waals surface area contributed by atoms with E-state index in [1.54, 1.807) is 0 Å². The molecule has 0 aromatic carbocycles. The van der Waals surface area contributed by atoms with Crippen molar-refractivity contribution >= 4 is 0 Å². The van der Waals surface area contributed by atoms with Crippen molar-refractivity contribution in [3.63, 3.8) is 0 Å². The zero-order valence-electron chi connectivity index (χ0n) is 6.93. The SMILES string of the molecule is CCC1=CC=C(C#N)CCC1. The van der Waals surface area contributed by atoms with Crippen molar-refractivity contribution < 1.29 is 0 Å². The van der Waals surface area contributed by atoms with Crippen molar-refractivity contribution in [1.29, 1.82) is 5.26 Å². The second-order valence-corrected chi connectivity index (χ2v) is 2.84. The molecule has 0 heterocycles. The predicted octanol–water partition coefficient (Wildman–Crippen LogP) is 2.96. The van der Waals surface area contributed by atoms with Crippen LogP contribution in [0.2, 0.25) is 0 Å². The summed E-state index contributed by atoms with van der Waals surface area (Å²) in [5.41, 5.74) is 2.39. The van der Waals surface area contributed by atoms with Crippen LogP contribution in [-0.4, -0.2) is 0 Å². The van der Waals surface area contributed by atoms with Crippen LogP contribution in [0.3, 0.4) is 0 Å². The summed E-state index contributed by atoms with van der Waals surface area (Å²) in [5.74, 6) is 0. The molecule has 0 radical (unpaired) electrons. The first-order valence-electron chi connectivity index (χ1n) is 4.15. The highest BCUT2D eigenvalue weighted by molar-refractivity contribution is 5.29. The van der Waals surface area contributed by atoms with Gasteiger partial charge >= 0.3 is 0 Å². The first-order valence-corrected chi connectivity index (χ1v) is 4.15. The predicted molar refractivity (Wildman–Crippen MR) is 45.9 cm³/mol. The first-order chi connectivity index (χ1) is 5.36. The zero-order chi connectivity index (χ0) is 8.10. The van der Waals surface area contributed by atoms with Crippen molar-refractivity contribution in [2.75, 3.05) is 0 Å². The van der Waals surface area contributed by atoms with Gasteiger partial charge in [-0.25, -0.2) is 0 Å². The summed E-state index contributed by atoms with van der Waals surface area (Å²) in [7, 11) is 0. The highest BCUT2D eigenvalue weighted by Gasteiger charge is 2.01. The molecule has 0 N–H and O–H groups in total. The van der Waals surface area contributed by atoms with Crippen LogP contribution >= 0.6 is 0 Å². The molecule has 11 heavy (non-hydrogen) atoms. The fraction of sp³-hybridized carbons (Fsp3) is 0.500. The molecule has 1 nitrogen and oxygen atoms in total. The van der Waals surface area contributed by atoms with E-state index >= 15 is 0 Å². The van der Waals surface area contributed by atoms with Crippen molar-refractivity contribution in [3.8, 4) is 6.07 Å². The molecule has 0 aromatic rings. The van der Waals surface area contributed by atoms with Crippen LogP contribution in [0.25, 0.3) is 0 Å². The molecule has 0 fully saturated rings. The molecular formula is C10H13N. The highest BCUT2D eigenvalue weighted by atomic mass is 14.2. The highest BCUT2D eigenvalue weighted by Crippen LogP contribution is 2.18. The summed E-state index contributed by atoms with van der Waals surface area (Å²) in [4.78, 5) is 0. The number of rotatable bonds is 1. The third-order valence-electron chi connectivity index (χ3n) is 2.06. The van der Waals surface area contributed by atoms with Gasteiger partial charge in [0.25, 0.3) is 0 Å². The molecule has 0 spiro atoms. The summed E-state index contributed by atoms with van der Waals surface area (Å²) < 4.78 is 0. The van der Waals surface area contributed by atoms with Gasteiger partial charge < -0.3 is 0 Å². The van der Waals surface area contributed by atoms with E-state index in [0.717, 1.165) is 31.3 Å². The van der Waals surface area contributed by atoms with Crippen molar-refractivity contribution in [2.24, 2.45) is 0 Å². The van der Waals surface area contributed by atoms with E-state index in [1.165, 1.54) is 5.57 Å². The third-order valence-corrected chi connectivity index (χ3v) is 2.06. The van der Waals surface area contributed by atoms with Gasteiger partial charge in [-0.05, 0) is 31.8 Å². The van der Waals surface area contributed by atoms with Gasteiger partial charge in [0.1, 0.15) is 0 Å². The minimum absolute atomic E-state index is 0.924. The van der Waals surface area contributed by atoms with Crippen LogP contribution in [-0.2, 0) is 0 Å². The van der Waals surface area contributed by atoms with E-state index in [2.05, 4.69) is 19.1 Å². The van der Waals surface area contributed by atoms with Crippen LogP contribution in [0.4, 0.5) is 0 Å². The third kappa shape index (κ3) is 2.23. The smallest absolute Gasteiger partial charge is 0.0947 e. The fourth-order valence-electron chi connectivity index (χ4n) is 1.28. The largest absolute Gasteiger partial charge is 0.193 e. The van der Waals surface area contributed by atoms with Crippen LogP contribution in [0.1, 0.15) is 32.6 Å². The Kier molecular flexibility index (Phi) is 2.92. The summed E-state index contributed by atoms with van der Waals surface area (Å²) in [5, 5.41) is 8.63. The maximum absolute atomic E-state index is 8.63. The fourth-order valence-corrected chi connectivity index (χ4v) is 1.28. The summed E-state index contributed by atoms with van der Waals surface area (Å²) in [6.45, 7) is 2.16. The van der Waals surface area contributed by atoms with Gasteiger partial charge in [0.2, 0.25) is 0 Å². The lowest BCUT2D eigenvalue weighted by molar-refractivity contribution is 0.800. The van der Waals surface area contributed by atoms with E-state index in [1.807, 2.05) is 6.08 Å². The van der Waals surface area contributed by atoms with Crippen LogP contribution < -0.4 is 0 Å². The lowest BCUT2D eigenvalue weighted by Crippen LogP contribution is -1.79. The Balaban J connectivity index is 2.69. The van der Waals surface area contributed by atoms with Crippen molar-refractivity contribution in [2.45, 2.75) is 32.6 Å². The summed E-state index contributed by atoms with van der Waals surface area (Å²) >= 11 is 0. The lowest BCUT2D eigenvalue weighted by atomic mass is 10.1. The Morgan fingerprint density at radius 3 is 2.91 bits per heavy atom. The van der Waals surface area contributed by atoms with E-state index in [9.17, 15) is 0 Å². The average molecular weight is 147 g/mol. The Labute approximate surface area is 68.0 Å². The number of allylic oxidation sites excluding steroid dienone is 4. The molecule has 0 bridgehead atoms. The normalized spacial score (nSPS) is 17.8. The van der Waals surface area contributed by atoms with Crippen molar-refractivity contribution in [3.05, 3.63) is 23.3 Å². The standard InChI is InChI=1S/C10H13N/c1-2-9-4-3-5-10(8-11)7-6-9/h6-7H,2-5H2,1H3. The second kappa shape index (κ2) is 3.98. The molecule has 0 saturated heterocycles. The lowest BCUT2D eigenvalue weighted by Gasteiger charge is -1.97. The molecule has 58 valence electrons. The molecule has 1 aliphatic carbocycles.